The highest BCUT2D eigenvalue weighted by molar-refractivity contribution is 5.75. The van der Waals surface area contributed by atoms with E-state index in [0.717, 1.165) is 12.8 Å². The van der Waals surface area contributed by atoms with Gasteiger partial charge < -0.3 is 21.3 Å². The molecule has 6 nitrogen and oxygen atoms in total. The first-order chi connectivity index (χ1) is 9.33. The van der Waals surface area contributed by atoms with Crippen LogP contribution in [0.4, 0.5) is 0 Å². The largest absolute Gasteiger partial charge is 0.481 e. The molecule has 0 unspecified atom stereocenters. The predicted octanol–water partition coefficient (Wildman–Crippen LogP) is 0.992. The molecule has 1 aliphatic carbocycles. The minimum Gasteiger partial charge on any atom is -0.481 e. The number of rotatable bonds is 6. The number of hydrogen-bond acceptors (Lipinski definition) is 3. The third kappa shape index (κ3) is 3.42. The van der Waals surface area contributed by atoms with Crippen LogP contribution in [0.15, 0.2) is 0 Å². The van der Waals surface area contributed by atoms with Crippen LogP contribution in [0.2, 0.25) is 0 Å². The van der Waals surface area contributed by atoms with Crippen molar-refractivity contribution in [3.63, 3.8) is 0 Å². The molecule has 1 aliphatic rings. The molecule has 0 aromatic carbocycles. The summed E-state index contributed by atoms with van der Waals surface area (Å²) in [6.07, 6.45) is 1.40. The Morgan fingerprint density at radius 1 is 1.45 bits per heavy atom. The van der Waals surface area contributed by atoms with E-state index in [1.165, 1.54) is 0 Å². The van der Waals surface area contributed by atoms with E-state index in [9.17, 15) is 15.0 Å². The molecule has 0 saturated heterocycles. The Balaban J connectivity index is 2.96. The minimum atomic E-state index is -0.980. The maximum atomic E-state index is 11.2. The Morgan fingerprint density at radius 3 is 2.40 bits per heavy atom. The summed E-state index contributed by atoms with van der Waals surface area (Å²) in [6.45, 7) is 6.27. The standard InChI is InChI=1S/C14H27N3O3/c1-4-8(5-2)7(3)11-10(17-14(15)16)6-9(12(11)18)13(19)20/h7-12,18H,4-6H2,1-3H3,(H,19,20)(H4,15,16,17)/t7-,9-,10+,11-,12+/m0/s1. The lowest BCUT2D eigenvalue weighted by Crippen LogP contribution is -2.46. The van der Waals surface area contributed by atoms with Crippen molar-refractivity contribution in [1.82, 2.24) is 5.32 Å². The maximum absolute atomic E-state index is 11.2. The van der Waals surface area contributed by atoms with E-state index in [1.807, 2.05) is 0 Å². The lowest BCUT2D eigenvalue weighted by molar-refractivity contribution is -0.145. The average Bonchev–Trinajstić information content (AvgIpc) is 2.66. The molecule has 6 N–H and O–H groups in total. The summed E-state index contributed by atoms with van der Waals surface area (Å²) in [4.78, 5) is 11.2. The van der Waals surface area contributed by atoms with Crippen molar-refractivity contribution in [2.24, 2.45) is 29.4 Å². The SMILES string of the molecule is CCC(CC)[C@H](C)[C@@H]1[C@H](O)[C@@H](C(=O)O)C[C@H]1NC(=N)N. The fraction of sp³-hybridized carbons (Fsp3) is 0.857. The number of aliphatic hydroxyl groups excluding tert-OH is 1. The summed E-state index contributed by atoms with van der Waals surface area (Å²) in [7, 11) is 0. The normalized spacial score (nSPS) is 31.2. The monoisotopic (exact) mass is 285 g/mol. The number of nitrogens with one attached hydrogen (secondary N) is 2. The molecule has 1 rings (SSSR count). The highest BCUT2D eigenvalue weighted by Crippen LogP contribution is 2.41. The summed E-state index contributed by atoms with van der Waals surface area (Å²) >= 11 is 0. The Kier molecular flexibility index (Phi) is 5.80. The van der Waals surface area contributed by atoms with Crippen molar-refractivity contribution < 1.29 is 15.0 Å². The first-order valence-corrected chi connectivity index (χ1v) is 7.34. The topological polar surface area (TPSA) is 119 Å². The lowest BCUT2D eigenvalue weighted by atomic mass is 9.76. The summed E-state index contributed by atoms with van der Waals surface area (Å²) in [5.41, 5.74) is 5.39. The van der Waals surface area contributed by atoms with E-state index in [4.69, 9.17) is 11.1 Å². The number of carboxylic acid groups (broad SMARTS) is 1. The Hall–Kier alpha value is -1.30. The number of carboxylic acids is 1. The Labute approximate surface area is 120 Å². The average molecular weight is 285 g/mol. The van der Waals surface area contributed by atoms with Gasteiger partial charge in [0.05, 0.1) is 12.0 Å². The van der Waals surface area contributed by atoms with Crippen molar-refractivity contribution in [3.8, 4) is 0 Å². The molecule has 0 aromatic heterocycles. The van der Waals surface area contributed by atoms with Gasteiger partial charge in [0.1, 0.15) is 0 Å². The van der Waals surface area contributed by atoms with Gasteiger partial charge in [-0.25, -0.2) is 0 Å². The van der Waals surface area contributed by atoms with Gasteiger partial charge in [0.25, 0.3) is 0 Å². The zero-order valence-corrected chi connectivity index (χ0v) is 12.5. The van der Waals surface area contributed by atoms with Gasteiger partial charge in [0.15, 0.2) is 5.96 Å². The second-order valence-corrected chi connectivity index (χ2v) is 5.85. The molecule has 116 valence electrons. The second kappa shape index (κ2) is 6.92. The molecule has 1 saturated carbocycles. The number of aliphatic hydroxyl groups is 1. The van der Waals surface area contributed by atoms with Crippen molar-refractivity contribution in [2.75, 3.05) is 0 Å². The van der Waals surface area contributed by atoms with Crippen molar-refractivity contribution in [2.45, 2.75) is 52.2 Å². The molecule has 0 radical (unpaired) electrons. The first-order valence-electron chi connectivity index (χ1n) is 7.34. The lowest BCUT2D eigenvalue weighted by Gasteiger charge is -2.33. The van der Waals surface area contributed by atoms with Gasteiger partial charge in [0.2, 0.25) is 0 Å². The van der Waals surface area contributed by atoms with E-state index < -0.39 is 18.0 Å². The van der Waals surface area contributed by atoms with E-state index in [0.29, 0.717) is 12.3 Å². The van der Waals surface area contributed by atoms with Crippen molar-refractivity contribution in [1.29, 1.82) is 5.41 Å². The fourth-order valence-corrected chi connectivity index (χ4v) is 3.70. The van der Waals surface area contributed by atoms with Crippen LogP contribution in [-0.2, 0) is 4.79 Å². The zero-order chi connectivity index (χ0) is 15.4. The summed E-state index contributed by atoms with van der Waals surface area (Å²) in [5, 5.41) is 29.8. The van der Waals surface area contributed by atoms with E-state index in [1.54, 1.807) is 0 Å². The number of hydrogen-bond donors (Lipinski definition) is 5. The molecule has 0 bridgehead atoms. The van der Waals surface area contributed by atoms with Gasteiger partial charge in [-0.2, -0.15) is 0 Å². The first kappa shape index (κ1) is 16.8. The molecule has 0 aliphatic heterocycles. The summed E-state index contributed by atoms with van der Waals surface area (Å²) in [5.74, 6) is -1.51. The second-order valence-electron chi connectivity index (χ2n) is 5.85. The van der Waals surface area contributed by atoms with Crippen LogP contribution in [0, 0.1) is 29.1 Å². The molecule has 0 amide bonds. The number of aliphatic carboxylic acids is 1. The van der Waals surface area contributed by atoms with Gasteiger partial charge in [-0.1, -0.05) is 33.6 Å². The number of guanidine groups is 1. The Morgan fingerprint density at radius 2 is 2.00 bits per heavy atom. The fourth-order valence-electron chi connectivity index (χ4n) is 3.70. The van der Waals surface area contributed by atoms with Gasteiger partial charge in [-0.3, -0.25) is 10.2 Å². The quantitative estimate of drug-likeness (QED) is 0.368. The van der Waals surface area contributed by atoms with Gasteiger partial charge in [0, 0.05) is 12.0 Å². The van der Waals surface area contributed by atoms with Crippen molar-refractivity contribution >= 4 is 11.9 Å². The molecule has 1 fully saturated rings. The highest BCUT2D eigenvalue weighted by Gasteiger charge is 2.49. The van der Waals surface area contributed by atoms with Crippen LogP contribution in [0.1, 0.15) is 40.0 Å². The molecular weight excluding hydrogens is 258 g/mol. The minimum absolute atomic E-state index is 0.171. The van der Waals surface area contributed by atoms with Crippen LogP contribution in [0.25, 0.3) is 0 Å². The van der Waals surface area contributed by atoms with Crippen LogP contribution in [-0.4, -0.2) is 34.3 Å². The smallest absolute Gasteiger partial charge is 0.309 e. The summed E-state index contributed by atoms with van der Waals surface area (Å²) in [6, 6.07) is -0.251. The molecule has 0 spiro atoms. The number of carbonyl (C=O) groups is 1. The van der Waals surface area contributed by atoms with E-state index in [-0.39, 0.29) is 23.8 Å². The summed E-state index contributed by atoms with van der Waals surface area (Å²) < 4.78 is 0. The third-order valence-electron chi connectivity index (χ3n) is 4.84. The van der Waals surface area contributed by atoms with E-state index in [2.05, 4.69) is 26.1 Å². The van der Waals surface area contributed by atoms with Gasteiger partial charge in [-0.05, 0) is 18.3 Å². The molecule has 0 heterocycles. The van der Waals surface area contributed by atoms with Crippen LogP contribution in [0.5, 0.6) is 0 Å². The maximum Gasteiger partial charge on any atom is 0.309 e. The van der Waals surface area contributed by atoms with E-state index >= 15 is 0 Å². The molecule has 6 heteroatoms. The van der Waals surface area contributed by atoms with Crippen LogP contribution >= 0.6 is 0 Å². The highest BCUT2D eigenvalue weighted by atomic mass is 16.4. The van der Waals surface area contributed by atoms with Crippen LogP contribution in [0.3, 0.4) is 0 Å². The third-order valence-corrected chi connectivity index (χ3v) is 4.84. The molecule has 5 atom stereocenters. The molecule has 0 aromatic rings. The molecular formula is C14H27N3O3. The van der Waals surface area contributed by atoms with Gasteiger partial charge in [-0.15, -0.1) is 0 Å². The van der Waals surface area contributed by atoms with Crippen LogP contribution < -0.4 is 11.1 Å². The molecule has 20 heavy (non-hydrogen) atoms. The number of nitrogens with two attached hydrogens (primary N) is 1. The van der Waals surface area contributed by atoms with Gasteiger partial charge >= 0.3 is 5.97 Å². The predicted molar refractivity (Wildman–Crippen MR) is 77.3 cm³/mol. The van der Waals surface area contributed by atoms with Crippen molar-refractivity contribution in [3.05, 3.63) is 0 Å². The Bertz CT molecular complexity index is 358. The zero-order valence-electron chi connectivity index (χ0n) is 12.5.